The van der Waals surface area contributed by atoms with Crippen molar-refractivity contribution in [3.8, 4) is 0 Å². The summed E-state index contributed by atoms with van der Waals surface area (Å²) in [6, 6.07) is 0. The van der Waals surface area contributed by atoms with Gasteiger partial charge in [0.1, 0.15) is 0 Å². The maximum atomic E-state index is 10.5. The number of nitroso groups, excluding NO2 is 2. The number of hydrogen-bond acceptors (Lipinski definition) is 5. The molecule has 0 unspecified atom stereocenters. The van der Waals surface area contributed by atoms with Crippen LogP contribution in [0.3, 0.4) is 0 Å². The van der Waals surface area contributed by atoms with E-state index in [2.05, 4.69) is 0 Å². The average molecular weight is 172 g/mol. The van der Waals surface area contributed by atoms with E-state index in [1.807, 2.05) is 10.4 Å². The normalized spacial score (nSPS) is 8.67. The van der Waals surface area contributed by atoms with E-state index < -0.39 is 30.4 Å². The lowest BCUT2D eigenvalue weighted by molar-refractivity contribution is -0.136. The van der Waals surface area contributed by atoms with Crippen molar-refractivity contribution in [1.29, 1.82) is 0 Å². The molecule has 0 bridgehead atoms. The number of carbonyl (C=O) groups is 3. The third-order valence-corrected chi connectivity index (χ3v) is 0.989. The minimum Gasteiger partial charge on any atom is -0.288 e. The van der Waals surface area contributed by atoms with E-state index in [9.17, 15) is 24.2 Å². The van der Waals surface area contributed by atoms with Crippen molar-refractivity contribution in [2.24, 2.45) is 10.4 Å². The van der Waals surface area contributed by atoms with Gasteiger partial charge in [0.2, 0.25) is 5.78 Å². The first-order valence-electron chi connectivity index (χ1n) is 2.88. The van der Waals surface area contributed by atoms with Crippen molar-refractivity contribution >= 4 is 17.6 Å². The maximum Gasteiger partial charge on any atom is 0.352 e. The summed E-state index contributed by atoms with van der Waals surface area (Å²) in [4.78, 5) is 49.7. The molecule has 0 heterocycles. The van der Waals surface area contributed by atoms with Crippen molar-refractivity contribution in [3.63, 3.8) is 0 Å². The molecule has 0 aromatic carbocycles. The first-order chi connectivity index (χ1) is 5.61. The molecule has 0 radical (unpaired) electrons. The smallest absolute Gasteiger partial charge is 0.288 e. The Morgan fingerprint density at radius 3 is 1.92 bits per heavy atom. The molecule has 0 aliphatic rings. The van der Waals surface area contributed by atoms with Crippen LogP contribution in [0.2, 0.25) is 0 Å². The Morgan fingerprint density at radius 2 is 1.50 bits per heavy atom. The molecule has 0 aliphatic heterocycles. The number of amides is 2. The highest BCUT2D eigenvalue weighted by molar-refractivity contribution is 6.36. The van der Waals surface area contributed by atoms with Crippen molar-refractivity contribution < 1.29 is 14.4 Å². The molecule has 0 saturated heterocycles. The summed E-state index contributed by atoms with van der Waals surface area (Å²) in [6.45, 7) is 0. The second-order valence-corrected chi connectivity index (χ2v) is 1.80. The summed E-state index contributed by atoms with van der Waals surface area (Å²) < 4.78 is 0. The first kappa shape index (κ1) is 10.2. The molecule has 0 aromatic heterocycles. The lowest BCUT2D eigenvalue weighted by atomic mass is 10.2. The van der Waals surface area contributed by atoms with Gasteiger partial charge in [0.25, 0.3) is 5.91 Å². The zero-order valence-corrected chi connectivity index (χ0v) is 5.85. The molecule has 7 heteroatoms. The van der Waals surface area contributed by atoms with Crippen LogP contribution in [0.5, 0.6) is 0 Å². The molecule has 0 N–H and O–H groups in total. The number of ketones is 1. The summed E-state index contributed by atoms with van der Waals surface area (Å²) in [5.74, 6) is -3.59. The Bertz CT molecular complexity index is 246. The van der Waals surface area contributed by atoms with Crippen LogP contribution < -0.4 is 0 Å². The van der Waals surface area contributed by atoms with Crippen molar-refractivity contribution in [1.82, 2.24) is 0 Å². The van der Waals surface area contributed by atoms with E-state index in [1.165, 1.54) is 0 Å². The fraction of sp³-hybridized carbons (Fsp3) is 0.400. The lowest BCUT2D eigenvalue weighted by Gasteiger charge is -1.87. The zero-order valence-electron chi connectivity index (χ0n) is 5.85. The van der Waals surface area contributed by atoms with Crippen LogP contribution in [0, 0.1) is 9.81 Å². The van der Waals surface area contributed by atoms with Crippen LogP contribution in [-0.4, -0.2) is 17.6 Å². The minimum absolute atomic E-state index is 0.469. The highest BCUT2D eigenvalue weighted by atomic mass is 16.3. The molecule has 0 fully saturated rings. The quantitative estimate of drug-likeness (QED) is 0.435. The predicted octanol–water partition coefficient (Wildman–Crippen LogP) is -0.0783. The molecular weight excluding hydrogens is 168 g/mol. The molecule has 0 aromatic rings. The Labute approximate surface area is 66.1 Å². The van der Waals surface area contributed by atoms with Crippen LogP contribution in [0.15, 0.2) is 10.4 Å². The molecule has 0 spiro atoms. The van der Waals surface area contributed by atoms with Crippen LogP contribution in [-0.2, 0) is 14.4 Å². The highest BCUT2D eigenvalue weighted by Crippen LogP contribution is 1.94. The van der Waals surface area contributed by atoms with Gasteiger partial charge >= 0.3 is 5.91 Å². The fourth-order valence-corrected chi connectivity index (χ4v) is 0.424. The van der Waals surface area contributed by atoms with Gasteiger partial charge < -0.3 is 0 Å². The third kappa shape index (κ3) is 3.40. The SMILES string of the molecule is O=NC(=O)CCC(=O)C(=O)N=O. The predicted molar refractivity (Wildman–Crippen MR) is 35.8 cm³/mol. The van der Waals surface area contributed by atoms with Gasteiger partial charge in [0.05, 0.1) is 0 Å². The van der Waals surface area contributed by atoms with Crippen LogP contribution in [0.1, 0.15) is 12.8 Å². The van der Waals surface area contributed by atoms with Crippen LogP contribution in [0.25, 0.3) is 0 Å². The zero-order chi connectivity index (χ0) is 9.56. The van der Waals surface area contributed by atoms with Crippen LogP contribution >= 0.6 is 0 Å². The Balaban J connectivity index is 3.87. The molecular formula is C5H4N2O5. The molecule has 64 valence electrons. The second kappa shape index (κ2) is 4.94. The third-order valence-electron chi connectivity index (χ3n) is 0.989. The summed E-state index contributed by atoms with van der Waals surface area (Å²) >= 11 is 0. The van der Waals surface area contributed by atoms with E-state index >= 15 is 0 Å². The molecule has 0 aliphatic carbocycles. The van der Waals surface area contributed by atoms with E-state index in [1.54, 1.807) is 0 Å². The largest absolute Gasteiger partial charge is 0.352 e. The number of Topliss-reactive ketones (excluding diaryl/α,β-unsaturated/α-hetero) is 1. The Morgan fingerprint density at radius 1 is 0.917 bits per heavy atom. The number of carbonyl (C=O) groups excluding carboxylic acids is 3. The van der Waals surface area contributed by atoms with Gasteiger partial charge in [-0.2, -0.15) is 0 Å². The number of hydrogen-bond donors (Lipinski definition) is 0. The maximum absolute atomic E-state index is 10.5. The summed E-state index contributed by atoms with van der Waals surface area (Å²) in [5.41, 5.74) is 0. The Hall–Kier alpha value is -1.79. The lowest BCUT2D eigenvalue weighted by Crippen LogP contribution is -2.11. The Kier molecular flexibility index (Phi) is 4.20. The van der Waals surface area contributed by atoms with Gasteiger partial charge in [-0.05, 0) is 0 Å². The second-order valence-electron chi connectivity index (χ2n) is 1.80. The topological polar surface area (TPSA) is 110 Å². The average Bonchev–Trinajstić information content (AvgIpc) is 2.11. The van der Waals surface area contributed by atoms with Crippen molar-refractivity contribution in [3.05, 3.63) is 9.81 Å². The number of rotatable bonds is 4. The monoisotopic (exact) mass is 172 g/mol. The molecule has 0 saturated carbocycles. The molecule has 2 amide bonds. The van der Waals surface area contributed by atoms with Crippen molar-refractivity contribution in [2.45, 2.75) is 12.8 Å². The van der Waals surface area contributed by atoms with Gasteiger partial charge in [-0.1, -0.05) is 0 Å². The van der Waals surface area contributed by atoms with E-state index in [-0.39, 0.29) is 0 Å². The van der Waals surface area contributed by atoms with E-state index in [0.29, 0.717) is 0 Å². The van der Waals surface area contributed by atoms with Crippen LogP contribution in [0.4, 0.5) is 0 Å². The fourth-order valence-electron chi connectivity index (χ4n) is 0.424. The molecule has 7 nitrogen and oxygen atoms in total. The first-order valence-corrected chi connectivity index (χ1v) is 2.88. The standard InChI is InChI=1S/C5H4N2O5/c8-3(5(10)7-12)1-2-4(9)6-11/h1-2H2. The summed E-state index contributed by atoms with van der Waals surface area (Å²) in [5, 5.41) is 3.82. The van der Waals surface area contributed by atoms with E-state index in [0.717, 1.165) is 0 Å². The summed E-state index contributed by atoms with van der Waals surface area (Å²) in [7, 11) is 0. The summed E-state index contributed by atoms with van der Waals surface area (Å²) in [6.07, 6.45) is -0.973. The number of nitrogens with zero attached hydrogens (tertiary/aromatic N) is 2. The van der Waals surface area contributed by atoms with Gasteiger partial charge in [0.15, 0.2) is 0 Å². The molecule has 0 rings (SSSR count). The van der Waals surface area contributed by atoms with Gasteiger partial charge in [-0.15, -0.1) is 9.81 Å². The minimum atomic E-state index is -1.45. The molecule has 0 atom stereocenters. The molecule has 12 heavy (non-hydrogen) atoms. The van der Waals surface area contributed by atoms with Gasteiger partial charge in [0, 0.05) is 23.2 Å². The van der Waals surface area contributed by atoms with Gasteiger partial charge in [-0.3, -0.25) is 14.4 Å². The highest BCUT2D eigenvalue weighted by Gasteiger charge is 2.15. The van der Waals surface area contributed by atoms with E-state index in [4.69, 9.17) is 0 Å². The van der Waals surface area contributed by atoms with Gasteiger partial charge in [-0.25, -0.2) is 0 Å². The van der Waals surface area contributed by atoms with Crippen molar-refractivity contribution in [2.75, 3.05) is 0 Å².